The van der Waals surface area contributed by atoms with Gasteiger partial charge in [0, 0.05) is 19.3 Å². The first-order valence-electron chi connectivity index (χ1n) is 10.5. The summed E-state index contributed by atoms with van der Waals surface area (Å²) in [6, 6.07) is 12.6. The second-order valence-corrected chi connectivity index (χ2v) is 7.47. The normalized spacial score (nSPS) is 15.8. The predicted molar refractivity (Wildman–Crippen MR) is 119 cm³/mol. The van der Waals surface area contributed by atoms with E-state index in [1.807, 2.05) is 18.2 Å². The van der Waals surface area contributed by atoms with Crippen LogP contribution in [0.15, 0.2) is 53.8 Å². The predicted octanol–water partition coefficient (Wildman–Crippen LogP) is 2.08. The van der Waals surface area contributed by atoms with Crippen LogP contribution in [0.5, 0.6) is 5.75 Å². The van der Waals surface area contributed by atoms with Gasteiger partial charge in [0.05, 0.1) is 18.0 Å². The summed E-state index contributed by atoms with van der Waals surface area (Å²) in [7, 11) is 0. The van der Waals surface area contributed by atoms with Gasteiger partial charge in [-0.1, -0.05) is 6.07 Å². The Kier molecular flexibility index (Phi) is 6.76. The molecule has 0 aliphatic carbocycles. The first-order valence-corrected chi connectivity index (χ1v) is 10.5. The van der Waals surface area contributed by atoms with E-state index in [4.69, 9.17) is 9.47 Å². The van der Waals surface area contributed by atoms with Crippen molar-refractivity contribution in [2.75, 3.05) is 19.8 Å². The fourth-order valence-electron chi connectivity index (χ4n) is 3.49. The Morgan fingerprint density at radius 2 is 2.12 bits per heavy atom. The highest BCUT2D eigenvalue weighted by Gasteiger charge is 2.17. The third-order valence-electron chi connectivity index (χ3n) is 5.10. The smallest absolute Gasteiger partial charge is 0.290 e. The van der Waals surface area contributed by atoms with E-state index in [0.717, 1.165) is 25.0 Å². The van der Waals surface area contributed by atoms with E-state index >= 15 is 0 Å². The molecular weight excluding hydrogens is 410 g/mol. The number of aromatic nitrogens is 2. The molecule has 4 rings (SSSR count). The zero-order chi connectivity index (χ0) is 22.3. The molecule has 166 valence electrons. The van der Waals surface area contributed by atoms with Gasteiger partial charge in [0.2, 0.25) is 0 Å². The van der Waals surface area contributed by atoms with E-state index in [2.05, 4.69) is 20.8 Å². The van der Waals surface area contributed by atoms with Gasteiger partial charge in [-0.15, -0.1) is 0 Å². The number of pyridine rings is 1. The minimum absolute atomic E-state index is 0.0606. The second kappa shape index (κ2) is 10.1. The summed E-state index contributed by atoms with van der Waals surface area (Å²) in [5.41, 5.74) is 5.08. The van der Waals surface area contributed by atoms with Crippen molar-refractivity contribution in [1.82, 2.24) is 20.1 Å². The minimum Gasteiger partial charge on any atom is -0.484 e. The van der Waals surface area contributed by atoms with Crippen LogP contribution in [0, 0.1) is 6.92 Å². The number of nitrogens with one attached hydrogen (secondary N) is 2. The van der Waals surface area contributed by atoms with Crippen LogP contribution in [-0.2, 0) is 9.53 Å². The monoisotopic (exact) mass is 435 g/mol. The van der Waals surface area contributed by atoms with Crippen molar-refractivity contribution in [1.29, 1.82) is 0 Å². The van der Waals surface area contributed by atoms with Crippen molar-refractivity contribution in [3.63, 3.8) is 0 Å². The average molecular weight is 435 g/mol. The molecule has 0 saturated carbocycles. The van der Waals surface area contributed by atoms with Crippen LogP contribution < -0.4 is 15.5 Å². The molecule has 0 bridgehead atoms. The molecule has 2 aromatic heterocycles. The fraction of sp³-hybridized carbons (Fsp3) is 0.304. The van der Waals surface area contributed by atoms with E-state index in [1.165, 1.54) is 6.21 Å². The number of carbonyl (C=O) groups excluding carboxylic acids is 2. The van der Waals surface area contributed by atoms with E-state index in [0.29, 0.717) is 29.3 Å². The molecule has 1 atom stereocenters. The first kappa shape index (κ1) is 21.5. The van der Waals surface area contributed by atoms with E-state index in [-0.39, 0.29) is 24.5 Å². The molecule has 1 fully saturated rings. The third kappa shape index (κ3) is 5.30. The SMILES string of the molecule is Cc1nc2ccccn2c1C(=O)N/N=C\c1ccc(OCC(=O)NC[C@H]2CCCO2)cc1. The molecule has 2 N–H and O–H groups in total. The van der Waals surface area contributed by atoms with Gasteiger partial charge in [0.15, 0.2) is 6.61 Å². The highest BCUT2D eigenvalue weighted by Crippen LogP contribution is 2.13. The number of benzene rings is 1. The number of ether oxygens (including phenoxy) is 2. The lowest BCUT2D eigenvalue weighted by molar-refractivity contribution is -0.123. The summed E-state index contributed by atoms with van der Waals surface area (Å²) >= 11 is 0. The van der Waals surface area contributed by atoms with Gasteiger partial charge in [-0.3, -0.25) is 14.0 Å². The number of rotatable bonds is 8. The van der Waals surface area contributed by atoms with Crippen LogP contribution in [0.25, 0.3) is 5.65 Å². The molecular formula is C23H25N5O4. The number of fused-ring (bicyclic) bond motifs is 1. The van der Waals surface area contributed by atoms with Gasteiger partial charge in [-0.05, 0) is 61.7 Å². The summed E-state index contributed by atoms with van der Waals surface area (Å²) in [5, 5.41) is 6.84. The highest BCUT2D eigenvalue weighted by molar-refractivity contribution is 5.95. The molecule has 1 aliphatic heterocycles. The summed E-state index contributed by atoms with van der Waals surface area (Å²) in [4.78, 5) is 28.8. The zero-order valence-electron chi connectivity index (χ0n) is 17.8. The standard InChI is InChI=1S/C23H25N5O4/c1-16-22(28-11-3-2-6-20(28)26-16)23(30)27-25-13-17-7-9-18(10-8-17)32-15-21(29)24-14-19-5-4-12-31-19/h2-3,6-11,13,19H,4-5,12,14-15H2,1H3,(H,24,29)(H,27,30)/b25-13-/t19-/m1/s1. The fourth-order valence-corrected chi connectivity index (χ4v) is 3.49. The molecule has 9 heteroatoms. The summed E-state index contributed by atoms with van der Waals surface area (Å²) < 4.78 is 12.7. The Hall–Kier alpha value is -3.72. The molecule has 0 unspecified atom stereocenters. The van der Waals surface area contributed by atoms with Crippen LogP contribution in [0.4, 0.5) is 0 Å². The lowest BCUT2D eigenvalue weighted by atomic mass is 10.2. The maximum Gasteiger partial charge on any atom is 0.290 e. The molecule has 1 saturated heterocycles. The minimum atomic E-state index is -0.341. The van der Waals surface area contributed by atoms with Crippen molar-refractivity contribution in [2.24, 2.45) is 5.10 Å². The molecule has 0 spiro atoms. The van der Waals surface area contributed by atoms with Crippen LogP contribution >= 0.6 is 0 Å². The third-order valence-corrected chi connectivity index (χ3v) is 5.10. The van der Waals surface area contributed by atoms with Crippen molar-refractivity contribution >= 4 is 23.7 Å². The number of carbonyl (C=O) groups is 2. The van der Waals surface area contributed by atoms with Crippen molar-refractivity contribution in [3.8, 4) is 5.75 Å². The number of hydrazone groups is 1. The number of imidazole rings is 1. The van der Waals surface area contributed by atoms with Gasteiger partial charge < -0.3 is 14.8 Å². The summed E-state index contributed by atoms with van der Waals surface area (Å²) in [6.07, 6.45) is 5.44. The zero-order valence-corrected chi connectivity index (χ0v) is 17.8. The molecule has 0 radical (unpaired) electrons. The molecule has 32 heavy (non-hydrogen) atoms. The van der Waals surface area contributed by atoms with Crippen LogP contribution in [-0.4, -0.2) is 53.3 Å². The van der Waals surface area contributed by atoms with Crippen molar-refractivity contribution in [3.05, 3.63) is 65.6 Å². The van der Waals surface area contributed by atoms with Crippen LogP contribution in [0.1, 0.15) is 34.6 Å². The van der Waals surface area contributed by atoms with Gasteiger partial charge in [0.1, 0.15) is 17.1 Å². The average Bonchev–Trinajstić information content (AvgIpc) is 3.44. The van der Waals surface area contributed by atoms with E-state index in [1.54, 1.807) is 41.8 Å². The van der Waals surface area contributed by atoms with Crippen molar-refractivity contribution < 1.29 is 19.1 Å². The highest BCUT2D eigenvalue weighted by atomic mass is 16.5. The second-order valence-electron chi connectivity index (χ2n) is 7.47. The van der Waals surface area contributed by atoms with Crippen molar-refractivity contribution in [2.45, 2.75) is 25.9 Å². The van der Waals surface area contributed by atoms with Crippen LogP contribution in [0.2, 0.25) is 0 Å². The Morgan fingerprint density at radius 1 is 1.28 bits per heavy atom. The molecule has 3 aromatic rings. The molecule has 1 aromatic carbocycles. The van der Waals surface area contributed by atoms with Gasteiger partial charge >= 0.3 is 0 Å². The first-order chi connectivity index (χ1) is 15.6. The summed E-state index contributed by atoms with van der Waals surface area (Å²) in [5.74, 6) is 0.0442. The van der Waals surface area contributed by atoms with E-state index in [9.17, 15) is 9.59 Å². The van der Waals surface area contributed by atoms with Crippen LogP contribution in [0.3, 0.4) is 0 Å². The van der Waals surface area contributed by atoms with Gasteiger partial charge in [-0.25, -0.2) is 10.4 Å². The molecule has 2 amide bonds. The Bertz CT molecular complexity index is 1120. The maximum atomic E-state index is 12.5. The Labute approximate surface area is 185 Å². The van der Waals surface area contributed by atoms with Gasteiger partial charge in [-0.2, -0.15) is 5.10 Å². The largest absolute Gasteiger partial charge is 0.484 e. The lowest BCUT2D eigenvalue weighted by Gasteiger charge is -2.11. The van der Waals surface area contributed by atoms with E-state index < -0.39 is 0 Å². The Morgan fingerprint density at radius 3 is 2.91 bits per heavy atom. The Balaban J connectivity index is 1.25. The number of hydrogen-bond donors (Lipinski definition) is 2. The number of amides is 2. The molecule has 1 aliphatic rings. The van der Waals surface area contributed by atoms with Gasteiger partial charge in [0.25, 0.3) is 11.8 Å². The number of aryl methyl sites for hydroxylation is 1. The number of hydrogen-bond acceptors (Lipinski definition) is 6. The molecule has 3 heterocycles. The topological polar surface area (TPSA) is 106 Å². The maximum absolute atomic E-state index is 12.5. The molecule has 9 nitrogen and oxygen atoms in total. The lowest BCUT2D eigenvalue weighted by Crippen LogP contribution is -2.35. The quantitative estimate of drug-likeness (QED) is 0.416. The summed E-state index contributed by atoms with van der Waals surface area (Å²) in [6.45, 7) is 3.00. The number of nitrogens with zero attached hydrogens (tertiary/aromatic N) is 3.